The van der Waals surface area contributed by atoms with E-state index in [1.54, 1.807) is 0 Å². The van der Waals surface area contributed by atoms with Crippen molar-refractivity contribution in [2.24, 2.45) is 0 Å². The SMILES string of the molecule is OC1CCCc2[nH]c3c(F)cc(F)cc3c21. The smallest absolute Gasteiger partial charge is 0.150 e. The zero-order valence-electron chi connectivity index (χ0n) is 8.56. The third-order valence-electron chi connectivity index (χ3n) is 3.18. The van der Waals surface area contributed by atoms with Gasteiger partial charge in [-0.25, -0.2) is 8.78 Å². The highest BCUT2D eigenvalue weighted by atomic mass is 19.1. The molecule has 3 rings (SSSR count). The van der Waals surface area contributed by atoms with Crippen LogP contribution in [0.1, 0.15) is 30.2 Å². The first-order chi connectivity index (χ1) is 7.66. The Bertz CT molecular complexity index is 562. The summed E-state index contributed by atoms with van der Waals surface area (Å²) in [4.78, 5) is 2.94. The number of H-pyrrole nitrogens is 1. The zero-order valence-corrected chi connectivity index (χ0v) is 8.56. The molecule has 1 unspecified atom stereocenters. The number of rotatable bonds is 0. The van der Waals surface area contributed by atoms with Gasteiger partial charge in [0, 0.05) is 22.7 Å². The molecule has 16 heavy (non-hydrogen) atoms. The minimum absolute atomic E-state index is 0.298. The Balaban J connectivity index is 2.38. The predicted molar refractivity (Wildman–Crippen MR) is 56.1 cm³/mol. The molecule has 0 radical (unpaired) electrons. The van der Waals surface area contributed by atoms with Gasteiger partial charge in [0.1, 0.15) is 11.6 Å². The molecule has 2 nitrogen and oxygen atoms in total. The summed E-state index contributed by atoms with van der Waals surface area (Å²) in [7, 11) is 0. The van der Waals surface area contributed by atoms with Gasteiger partial charge in [-0.15, -0.1) is 0 Å². The highest BCUT2D eigenvalue weighted by Crippen LogP contribution is 2.36. The second-order valence-electron chi connectivity index (χ2n) is 4.24. The molecule has 0 bridgehead atoms. The van der Waals surface area contributed by atoms with E-state index in [1.807, 2.05) is 0 Å². The second-order valence-corrected chi connectivity index (χ2v) is 4.24. The molecule has 1 aromatic carbocycles. The summed E-state index contributed by atoms with van der Waals surface area (Å²) in [5.41, 5.74) is 1.80. The number of aromatic amines is 1. The van der Waals surface area contributed by atoms with E-state index in [0.717, 1.165) is 24.6 Å². The van der Waals surface area contributed by atoms with E-state index in [4.69, 9.17) is 0 Å². The van der Waals surface area contributed by atoms with Crippen LogP contribution in [-0.2, 0) is 6.42 Å². The van der Waals surface area contributed by atoms with Gasteiger partial charge >= 0.3 is 0 Å². The Kier molecular flexibility index (Phi) is 2.01. The summed E-state index contributed by atoms with van der Waals surface area (Å²) in [5, 5.41) is 10.3. The molecule has 0 saturated carbocycles. The molecule has 4 heteroatoms. The molecule has 0 aliphatic heterocycles. The number of hydrogen-bond donors (Lipinski definition) is 2. The number of aliphatic hydroxyl groups excluding tert-OH is 1. The van der Waals surface area contributed by atoms with Crippen molar-refractivity contribution in [1.29, 1.82) is 0 Å². The minimum atomic E-state index is -0.612. The molecule has 2 N–H and O–H groups in total. The zero-order chi connectivity index (χ0) is 11.3. The molecular weight excluding hydrogens is 212 g/mol. The summed E-state index contributed by atoms with van der Waals surface area (Å²) < 4.78 is 26.6. The largest absolute Gasteiger partial charge is 0.388 e. The molecule has 0 spiro atoms. The van der Waals surface area contributed by atoms with Crippen molar-refractivity contribution in [1.82, 2.24) is 4.98 Å². The number of hydrogen-bond acceptors (Lipinski definition) is 1. The van der Waals surface area contributed by atoms with Crippen molar-refractivity contribution in [3.63, 3.8) is 0 Å². The van der Waals surface area contributed by atoms with E-state index < -0.39 is 17.7 Å². The minimum Gasteiger partial charge on any atom is -0.388 e. The van der Waals surface area contributed by atoms with E-state index in [0.29, 0.717) is 22.9 Å². The third kappa shape index (κ3) is 1.26. The molecule has 0 fully saturated rings. The normalized spacial score (nSPS) is 20.1. The van der Waals surface area contributed by atoms with Gasteiger partial charge in [-0.3, -0.25) is 0 Å². The first kappa shape index (κ1) is 9.78. The summed E-state index contributed by atoms with van der Waals surface area (Å²) in [6.07, 6.45) is 1.68. The van der Waals surface area contributed by atoms with Crippen molar-refractivity contribution in [2.75, 3.05) is 0 Å². The Labute approximate surface area is 90.9 Å². The van der Waals surface area contributed by atoms with Crippen molar-refractivity contribution < 1.29 is 13.9 Å². The summed E-state index contributed by atoms with van der Waals surface area (Å²) in [5.74, 6) is -1.21. The van der Waals surface area contributed by atoms with Crippen LogP contribution < -0.4 is 0 Å². The first-order valence-corrected chi connectivity index (χ1v) is 5.34. The molecule has 0 saturated heterocycles. The lowest BCUT2D eigenvalue weighted by atomic mass is 9.93. The van der Waals surface area contributed by atoms with Crippen LogP contribution in [0.5, 0.6) is 0 Å². The van der Waals surface area contributed by atoms with Crippen LogP contribution in [-0.4, -0.2) is 10.1 Å². The summed E-state index contributed by atoms with van der Waals surface area (Å²) in [6.45, 7) is 0. The number of aliphatic hydroxyl groups is 1. The molecular formula is C12H11F2NO. The van der Waals surface area contributed by atoms with E-state index in [1.165, 1.54) is 6.07 Å². The van der Waals surface area contributed by atoms with Gasteiger partial charge in [0.25, 0.3) is 0 Å². The van der Waals surface area contributed by atoms with Gasteiger partial charge in [-0.05, 0) is 25.3 Å². The number of benzene rings is 1. The topological polar surface area (TPSA) is 36.0 Å². The quantitative estimate of drug-likeness (QED) is 0.707. The molecule has 1 atom stereocenters. The van der Waals surface area contributed by atoms with Crippen LogP contribution in [0, 0.1) is 11.6 Å². The van der Waals surface area contributed by atoms with Crippen LogP contribution in [0.25, 0.3) is 10.9 Å². The monoisotopic (exact) mass is 223 g/mol. The molecule has 1 heterocycles. The maximum atomic E-state index is 13.5. The third-order valence-corrected chi connectivity index (χ3v) is 3.18. The standard InChI is InChI=1S/C12H11F2NO/c13-6-4-7-11-9(2-1-3-10(11)16)15-12(7)8(14)5-6/h4-5,10,15-16H,1-3H2. The van der Waals surface area contributed by atoms with Crippen molar-refractivity contribution in [3.05, 3.63) is 35.0 Å². The fourth-order valence-electron chi connectivity index (χ4n) is 2.49. The maximum absolute atomic E-state index is 13.5. The average Bonchev–Trinajstić information content (AvgIpc) is 2.58. The lowest BCUT2D eigenvalue weighted by Gasteiger charge is -2.17. The van der Waals surface area contributed by atoms with Gasteiger partial charge in [-0.1, -0.05) is 0 Å². The Morgan fingerprint density at radius 1 is 1.31 bits per heavy atom. The number of halogens is 2. The first-order valence-electron chi connectivity index (χ1n) is 5.34. The van der Waals surface area contributed by atoms with Crippen molar-refractivity contribution in [3.8, 4) is 0 Å². The van der Waals surface area contributed by atoms with Gasteiger partial charge in [0.15, 0.2) is 0 Å². The number of fused-ring (bicyclic) bond motifs is 3. The van der Waals surface area contributed by atoms with E-state index in [-0.39, 0.29) is 0 Å². The van der Waals surface area contributed by atoms with Gasteiger partial charge in [0.05, 0.1) is 11.6 Å². The fraction of sp³-hybridized carbons (Fsp3) is 0.333. The van der Waals surface area contributed by atoms with Gasteiger partial charge in [-0.2, -0.15) is 0 Å². The average molecular weight is 223 g/mol. The lowest BCUT2D eigenvalue weighted by molar-refractivity contribution is 0.158. The Morgan fingerprint density at radius 2 is 2.12 bits per heavy atom. The van der Waals surface area contributed by atoms with E-state index in [9.17, 15) is 13.9 Å². The number of nitrogens with one attached hydrogen (secondary N) is 1. The Morgan fingerprint density at radius 3 is 2.94 bits per heavy atom. The molecule has 1 aromatic heterocycles. The number of aryl methyl sites for hydroxylation is 1. The number of aromatic nitrogens is 1. The molecule has 1 aliphatic rings. The Hall–Kier alpha value is -1.42. The summed E-state index contributed by atoms with van der Waals surface area (Å²) >= 11 is 0. The second kappa shape index (κ2) is 3.28. The highest BCUT2D eigenvalue weighted by Gasteiger charge is 2.24. The predicted octanol–water partition coefficient (Wildman–Crippen LogP) is 2.82. The van der Waals surface area contributed by atoms with Crippen molar-refractivity contribution >= 4 is 10.9 Å². The molecule has 84 valence electrons. The molecule has 2 aromatic rings. The lowest BCUT2D eigenvalue weighted by Crippen LogP contribution is -2.07. The highest BCUT2D eigenvalue weighted by molar-refractivity contribution is 5.86. The van der Waals surface area contributed by atoms with Crippen LogP contribution in [0.3, 0.4) is 0 Å². The van der Waals surface area contributed by atoms with E-state index >= 15 is 0 Å². The van der Waals surface area contributed by atoms with Crippen molar-refractivity contribution in [2.45, 2.75) is 25.4 Å². The molecule has 1 aliphatic carbocycles. The van der Waals surface area contributed by atoms with Crippen LogP contribution in [0.2, 0.25) is 0 Å². The van der Waals surface area contributed by atoms with E-state index in [2.05, 4.69) is 4.98 Å². The van der Waals surface area contributed by atoms with Gasteiger partial charge in [0.2, 0.25) is 0 Å². The van der Waals surface area contributed by atoms with Gasteiger partial charge < -0.3 is 10.1 Å². The van der Waals surface area contributed by atoms with Crippen LogP contribution in [0.4, 0.5) is 8.78 Å². The fourth-order valence-corrected chi connectivity index (χ4v) is 2.49. The van der Waals surface area contributed by atoms with Crippen LogP contribution >= 0.6 is 0 Å². The molecule has 0 amide bonds. The van der Waals surface area contributed by atoms with Crippen LogP contribution in [0.15, 0.2) is 12.1 Å². The maximum Gasteiger partial charge on any atom is 0.150 e. The summed E-state index contributed by atoms with van der Waals surface area (Å²) in [6, 6.07) is 2.14.